The summed E-state index contributed by atoms with van der Waals surface area (Å²) in [7, 11) is 0. The maximum Gasteiger partial charge on any atom is 0.120 e. The Morgan fingerprint density at radius 1 is 1.05 bits per heavy atom. The van der Waals surface area contributed by atoms with Gasteiger partial charge in [0.1, 0.15) is 5.75 Å². The Bertz CT molecular complexity index is 676. The van der Waals surface area contributed by atoms with Crippen molar-refractivity contribution < 1.29 is 4.74 Å². The maximum absolute atomic E-state index is 6.61. The van der Waals surface area contributed by atoms with E-state index in [0.29, 0.717) is 6.10 Å². The Hall–Kier alpha value is -1.28. The Morgan fingerprint density at radius 3 is 2.76 bits per heavy atom. The van der Waals surface area contributed by atoms with Gasteiger partial charge in [-0.2, -0.15) is 0 Å². The lowest BCUT2D eigenvalue weighted by Crippen LogP contribution is -2.19. The molecule has 4 rings (SSSR count). The predicted molar refractivity (Wildman–Crippen MR) is 86.3 cm³/mol. The second kappa shape index (κ2) is 5.49. The minimum atomic E-state index is 0.373. The van der Waals surface area contributed by atoms with E-state index in [-0.39, 0.29) is 0 Å². The number of pyridine rings is 1. The van der Waals surface area contributed by atoms with Crippen molar-refractivity contribution in [3.05, 3.63) is 34.5 Å². The Balaban J connectivity index is 1.69. The molecule has 0 saturated heterocycles. The molecule has 2 aliphatic carbocycles. The highest BCUT2D eigenvalue weighted by Crippen LogP contribution is 2.35. The fraction of sp³-hybridized carbons (Fsp3) is 0.500. The van der Waals surface area contributed by atoms with Gasteiger partial charge in [-0.1, -0.05) is 18.0 Å². The molecule has 1 heterocycles. The van der Waals surface area contributed by atoms with Crippen LogP contribution < -0.4 is 4.74 Å². The Morgan fingerprint density at radius 2 is 1.90 bits per heavy atom. The number of hydrogen-bond donors (Lipinski definition) is 0. The zero-order chi connectivity index (χ0) is 14.2. The third kappa shape index (κ3) is 2.50. The van der Waals surface area contributed by atoms with Gasteiger partial charge in [-0.3, -0.25) is 4.98 Å². The van der Waals surface area contributed by atoms with E-state index in [1.54, 1.807) is 0 Å². The number of benzene rings is 1. The smallest absolute Gasteiger partial charge is 0.120 e. The van der Waals surface area contributed by atoms with Gasteiger partial charge in [0.25, 0.3) is 0 Å². The van der Waals surface area contributed by atoms with Crippen LogP contribution in [0.15, 0.2) is 18.2 Å². The van der Waals surface area contributed by atoms with Crippen LogP contribution in [0.3, 0.4) is 0 Å². The van der Waals surface area contributed by atoms with Crippen molar-refractivity contribution in [3.63, 3.8) is 0 Å². The van der Waals surface area contributed by atoms with Gasteiger partial charge in [-0.25, -0.2) is 0 Å². The molecular formula is C18H20ClNO. The number of halogens is 1. The fourth-order valence-corrected chi connectivity index (χ4v) is 3.99. The van der Waals surface area contributed by atoms with Gasteiger partial charge >= 0.3 is 0 Å². The number of fused-ring (bicyclic) bond motifs is 2. The molecule has 0 unspecified atom stereocenters. The van der Waals surface area contributed by atoms with Crippen molar-refractivity contribution in [3.8, 4) is 5.75 Å². The second-order valence-electron chi connectivity index (χ2n) is 6.26. The van der Waals surface area contributed by atoms with Gasteiger partial charge in [0, 0.05) is 11.1 Å². The molecule has 2 aliphatic rings. The van der Waals surface area contributed by atoms with E-state index in [4.69, 9.17) is 21.3 Å². The summed E-state index contributed by atoms with van der Waals surface area (Å²) in [5, 5.41) is 1.94. The van der Waals surface area contributed by atoms with Crippen LogP contribution in [0.1, 0.15) is 49.8 Å². The summed E-state index contributed by atoms with van der Waals surface area (Å²) < 4.78 is 6.15. The molecule has 110 valence electrons. The van der Waals surface area contributed by atoms with Gasteiger partial charge in [0.05, 0.1) is 16.6 Å². The Kier molecular flexibility index (Phi) is 3.50. The van der Waals surface area contributed by atoms with Crippen LogP contribution in [0.25, 0.3) is 10.9 Å². The van der Waals surface area contributed by atoms with Crippen molar-refractivity contribution >= 4 is 22.5 Å². The average molecular weight is 302 g/mol. The van der Waals surface area contributed by atoms with Crippen LogP contribution in [-0.4, -0.2) is 11.1 Å². The number of aromatic nitrogens is 1. The van der Waals surface area contributed by atoms with Crippen molar-refractivity contribution in [1.82, 2.24) is 4.98 Å². The zero-order valence-corrected chi connectivity index (χ0v) is 13.0. The molecular weight excluding hydrogens is 282 g/mol. The first kappa shape index (κ1) is 13.4. The number of nitrogens with zero attached hydrogens (tertiary/aromatic N) is 1. The lowest BCUT2D eigenvalue weighted by atomic mass is 9.98. The molecule has 2 nitrogen and oxygen atoms in total. The average Bonchev–Trinajstić information content (AvgIpc) is 2.98. The standard InChI is InChI=1S/C18H20ClNO/c19-18-14-7-4-8-16(14)20-17-10-9-13(11-15(17)18)21-12-5-2-1-3-6-12/h9-12H,1-8H2. The summed E-state index contributed by atoms with van der Waals surface area (Å²) in [6.45, 7) is 0. The lowest BCUT2D eigenvalue weighted by Gasteiger charge is -2.23. The van der Waals surface area contributed by atoms with Crippen molar-refractivity contribution in [2.45, 2.75) is 57.5 Å². The van der Waals surface area contributed by atoms with Crippen LogP contribution in [-0.2, 0) is 12.8 Å². The van der Waals surface area contributed by atoms with E-state index >= 15 is 0 Å². The van der Waals surface area contributed by atoms with Crippen LogP contribution >= 0.6 is 11.6 Å². The number of rotatable bonds is 2. The molecule has 1 saturated carbocycles. The molecule has 0 aliphatic heterocycles. The van der Waals surface area contributed by atoms with Crippen LogP contribution in [0, 0.1) is 0 Å². The minimum Gasteiger partial charge on any atom is -0.490 e. The second-order valence-corrected chi connectivity index (χ2v) is 6.64. The molecule has 0 amide bonds. The number of aryl methyl sites for hydroxylation is 1. The minimum absolute atomic E-state index is 0.373. The third-order valence-corrected chi connectivity index (χ3v) is 5.20. The highest BCUT2D eigenvalue weighted by atomic mass is 35.5. The van der Waals surface area contributed by atoms with E-state index in [1.807, 2.05) is 6.07 Å². The highest BCUT2D eigenvalue weighted by molar-refractivity contribution is 6.36. The first-order valence-corrected chi connectivity index (χ1v) is 8.47. The molecule has 21 heavy (non-hydrogen) atoms. The summed E-state index contributed by atoms with van der Waals surface area (Å²) in [5.74, 6) is 0.941. The molecule has 1 aromatic carbocycles. The normalized spacial score (nSPS) is 18.9. The van der Waals surface area contributed by atoms with Gasteiger partial charge in [-0.15, -0.1) is 0 Å². The summed E-state index contributed by atoms with van der Waals surface area (Å²) in [6, 6.07) is 6.18. The monoisotopic (exact) mass is 301 g/mol. The molecule has 0 N–H and O–H groups in total. The largest absolute Gasteiger partial charge is 0.490 e. The van der Waals surface area contributed by atoms with E-state index < -0.39 is 0 Å². The molecule has 0 spiro atoms. The van der Waals surface area contributed by atoms with Crippen LogP contribution in [0.5, 0.6) is 5.75 Å². The molecule has 2 aromatic rings. The highest BCUT2D eigenvalue weighted by Gasteiger charge is 2.19. The first-order valence-electron chi connectivity index (χ1n) is 8.09. The number of hydrogen-bond acceptors (Lipinski definition) is 2. The molecule has 0 radical (unpaired) electrons. The summed E-state index contributed by atoms with van der Waals surface area (Å²) in [5.41, 5.74) is 3.43. The Labute approximate surface area is 130 Å². The third-order valence-electron chi connectivity index (χ3n) is 4.77. The summed E-state index contributed by atoms with van der Waals surface area (Å²) in [6.07, 6.45) is 9.93. The molecule has 0 atom stereocenters. The molecule has 3 heteroatoms. The zero-order valence-electron chi connectivity index (χ0n) is 12.2. The van der Waals surface area contributed by atoms with Gasteiger partial charge < -0.3 is 4.74 Å². The van der Waals surface area contributed by atoms with Crippen LogP contribution in [0.4, 0.5) is 0 Å². The maximum atomic E-state index is 6.61. The van der Waals surface area contributed by atoms with Crippen molar-refractivity contribution in [1.29, 1.82) is 0 Å². The van der Waals surface area contributed by atoms with E-state index in [9.17, 15) is 0 Å². The fourth-order valence-electron chi connectivity index (χ4n) is 3.63. The van der Waals surface area contributed by atoms with E-state index in [1.165, 1.54) is 49.8 Å². The molecule has 1 aromatic heterocycles. The SMILES string of the molecule is Clc1c2c(nc3ccc(OC4CCCCC4)cc13)CCC2. The predicted octanol–water partition coefficient (Wildman–Crippen LogP) is 5.09. The van der Waals surface area contributed by atoms with Gasteiger partial charge in [-0.05, 0) is 68.7 Å². The molecule has 1 fully saturated rings. The topological polar surface area (TPSA) is 22.1 Å². The lowest BCUT2D eigenvalue weighted by molar-refractivity contribution is 0.155. The summed E-state index contributed by atoms with van der Waals surface area (Å²) in [4.78, 5) is 4.76. The van der Waals surface area contributed by atoms with Crippen molar-refractivity contribution in [2.75, 3.05) is 0 Å². The van der Waals surface area contributed by atoms with E-state index in [0.717, 1.165) is 34.5 Å². The van der Waals surface area contributed by atoms with Crippen LogP contribution in [0.2, 0.25) is 5.02 Å². The van der Waals surface area contributed by atoms with Crippen molar-refractivity contribution in [2.24, 2.45) is 0 Å². The number of ether oxygens (including phenoxy) is 1. The summed E-state index contributed by atoms with van der Waals surface area (Å²) >= 11 is 6.61. The molecule has 0 bridgehead atoms. The first-order chi connectivity index (χ1) is 10.3. The quantitative estimate of drug-likeness (QED) is 0.771. The van der Waals surface area contributed by atoms with Gasteiger partial charge in [0.15, 0.2) is 0 Å². The van der Waals surface area contributed by atoms with Gasteiger partial charge in [0.2, 0.25) is 0 Å². The van der Waals surface area contributed by atoms with E-state index in [2.05, 4.69) is 12.1 Å².